The lowest BCUT2D eigenvalue weighted by Crippen LogP contribution is -2.47. The third-order valence-electron chi connectivity index (χ3n) is 6.30. The van der Waals surface area contributed by atoms with Crippen molar-refractivity contribution in [2.45, 2.75) is 45.3 Å². The molecule has 1 aliphatic heterocycles. The number of aliphatic hydroxyl groups excluding tert-OH is 1. The first-order valence-electron chi connectivity index (χ1n) is 11.0. The molecule has 0 saturated carbocycles. The fourth-order valence-corrected chi connectivity index (χ4v) is 4.51. The van der Waals surface area contributed by atoms with Crippen LogP contribution in [0.1, 0.15) is 36.9 Å². The van der Waals surface area contributed by atoms with E-state index >= 15 is 0 Å². The number of hydrogen-bond acceptors (Lipinski definition) is 5. The molecule has 32 heavy (non-hydrogen) atoms. The summed E-state index contributed by atoms with van der Waals surface area (Å²) in [5, 5.41) is 16.9. The summed E-state index contributed by atoms with van der Waals surface area (Å²) in [5.74, 6) is 0.258. The van der Waals surface area contributed by atoms with Gasteiger partial charge in [-0.05, 0) is 42.5 Å². The maximum Gasteiger partial charge on any atom is 0.243 e. The molecule has 8 heteroatoms. The van der Waals surface area contributed by atoms with Crippen LogP contribution >= 0.6 is 0 Å². The molecule has 1 fully saturated rings. The lowest BCUT2D eigenvalue weighted by molar-refractivity contribution is -0.138. The van der Waals surface area contributed by atoms with Crippen LogP contribution in [0.5, 0.6) is 0 Å². The summed E-state index contributed by atoms with van der Waals surface area (Å²) in [7, 11) is 2.03. The van der Waals surface area contributed by atoms with Crippen LogP contribution in [-0.4, -0.2) is 56.8 Å². The normalized spacial score (nSPS) is 23.1. The molecule has 1 saturated heterocycles. The average molecular weight is 439 g/mol. The van der Waals surface area contributed by atoms with E-state index in [1.165, 1.54) is 16.2 Å². The highest BCUT2D eigenvalue weighted by Gasteiger charge is 2.39. The van der Waals surface area contributed by atoms with Gasteiger partial charge in [0.05, 0.1) is 18.2 Å². The summed E-state index contributed by atoms with van der Waals surface area (Å²) in [6.45, 7) is 4.51. The average Bonchev–Trinajstić information content (AvgIpc) is 3.47. The van der Waals surface area contributed by atoms with E-state index in [-0.39, 0.29) is 31.2 Å². The number of likely N-dealkylation sites (tertiary alicyclic amines) is 1. The zero-order valence-electron chi connectivity index (χ0n) is 18.7. The smallest absolute Gasteiger partial charge is 0.243 e. The van der Waals surface area contributed by atoms with Crippen LogP contribution in [0, 0.1) is 12.8 Å². The highest BCUT2D eigenvalue weighted by atomic mass is 16.5. The third kappa shape index (κ3) is 4.70. The van der Waals surface area contributed by atoms with E-state index < -0.39 is 12.1 Å². The first-order chi connectivity index (χ1) is 15.3. The second-order valence-electron chi connectivity index (χ2n) is 8.82. The van der Waals surface area contributed by atoms with Crippen LogP contribution < -0.4 is 5.32 Å². The van der Waals surface area contributed by atoms with Gasteiger partial charge in [-0.2, -0.15) is 0 Å². The molecule has 2 aromatic rings. The monoisotopic (exact) mass is 438 g/mol. The van der Waals surface area contributed by atoms with Crippen molar-refractivity contribution in [1.82, 2.24) is 19.9 Å². The zero-order valence-corrected chi connectivity index (χ0v) is 18.7. The Labute approximate surface area is 187 Å². The number of carbonyl (C=O) groups is 2. The van der Waals surface area contributed by atoms with Gasteiger partial charge >= 0.3 is 0 Å². The number of allylic oxidation sites excluding steroid dienone is 3. The minimum absolute atomic E-state index is 0.0201. The van der Waals surface area contributed by atoms with Gasteiger partial charge in [0.25, 0.3) is 0 Å². The lowest BCUT2D eigenvalue weighted by Gasteiger charge is -2.25. The summed E-state index contributed by atoms with van der Waals surface area (Å²) < 4.78 is 7.23. The van der Waals surface area contributed by atoms with Crippen LogP contribution in [0.15, 0.2) is 46.6 Å². The minimum Gasteiger partial charge on any atom is -0.391 e. The summed E-state index contributed by atoms with van der Waals surface area (Å²) in [6.07, 6.45) is 6.68. The molecule has 1 unspecified atom stereocenters. The molecule has 0 radical (unpaired) electrons. The van der Waals surface area contributed by atoms with E-state index in [4.69, 9.17) is 4.52 Å². The van der Waals surface area contributed by atoms with Gasteiger partial charge in [0.1, 0.15) is 11.8 Å². The van der Waals surface area contributed by atoms with E-state index in [9.17, 15) is 14.7 Å². The van der Waals surface area contributed by atoms with Crippen molar-refractivity contribution in [3.8, 4) is 0 Å². The number of nitrogens with one attached hydrogen (secondary N) is 1. The van der Waals surface area contributed by atoms with E-state index in [1.807, 2.05) is 19.3 Å². The number of amides is 2. The van der Waals surface area contributed by atoms with Gasteiger partial charge < -0.3 is 24.4 Å². The van der Waals surface area contributed by atoms with Crippen molar-refractivity contribution in [3.05, 3.63) is 59.3 Å². The summed E-state index contributed by atoms with van der Waals surface area (Å²) in [4.78, 5) is 27.1. The molecule has 2 N–H and O–H groups in total. The highest BCUT2D eigenvalue weighted by molar-refractivity contribution is 5.89. The van der Waals surface area contributed by atoms with Gasteiger partial charge in [-0.3, -0.25) is 9.59 Å². The fraction of sp³-hybridized carbons (Fsp3) is 0.458. The van der Waals surface area contributed by atoms with Gasteiger partial charge in [-0.1, -0.05) is 24.2 Å². The second kappa shape index (κ2) is 9.16. The predicted molar refractivity (Wildman–Crippen MR) is 119 cm³/mol. The number of carbonyl (C=O) groups excluding carboxylic acids is 2. The van der Waals surface area contributed by atoms with Crippen LogP contribution in [0.25, 0.3) is 5.57 Å². The highest BCUT2D eigenvalue weighted by Crippen LogP contribution is 2.31. The molecule has 0 bridgehead atoms. The summed E-state index contributed by atoms with van der Waals surface area (Å²) in [5.41, 5.74) is 4.32. The number of rotatable bonds is 6. The van der Waals surface area contributed by atoms with Gasteiger partial charge in [0.15, 0.2) is 0 Å². The molecular weight excluding hydrogens is 408 g/mol. The number of β-amino-alcohol motifs (C(OH)–C–C–N with tert-alkyl or cyclic N) is 1. The van der Waals surface area contributed by atoms with E-state index in [1.54, 1.807) is 13.0 Å². The number of aryl methyl sites for hydroxylation is 2. The van der Waals surface area contributed by atoms with Crippen molar-refractivity contribution in [3.63, 3.8) is 0 Å². The number of nitrogens with zero attached hydrogens (tertiary/aromatic N) is 3. The van der Waals surface area contributed by atoms with Crippen molar-refractivity contribution in [2.24, 2.45) is 13.0 Å². The molecule has 2 amide bonds. The molecule has 2 aromatic heterocycles. The van der Waals surface area contributed by atoms with Gasteiger partial charge in [-0.15, -0.1) is 0 Å². The zero-order chi connectivity index (χ0) is 22.8. The molecule has 2 aliphatic rings. The fourth-order valence-electron chi connectivity index (χ4n) is 4.51. The Morgan fingerprint density at radius 1 is 1.34 bits per heavy atom. The minimum atomic E-state index is -0.713. The molecule has 8 nitrogen and oxygen atoms in total. The van der Waals surface area contributed by atoms with Crippen molar-refractivity contribution < 1.29 is 19.2 Å². The van der Waals surface area contributed by atoms with Crippen LogP contribution in [-0.2, 0) is 23.1 Å². The molecule has 3 heterocycles. The van der Waals surface area contributed by atoms with Crippen molar-refractivity contribution >= 4 is 17.4 Å². The molecular formula is C24H30N4O4. The Hall–Kier alpha value is -3.13. The Bertz CT molecular complexity index is 1060. The van der Waals surface area contributed by atoms with Crippen LogP contribution in [0.4, 0.5) is 0 Å². The maximum atomic E-state index is 12.9. The molecule has 0 spiro atoms. The Morgan fingerprint density at radius 2 is 2.16 bits per heavy atom. The topological polar surface area (TPSA) is 101 Å². The Kier molecular flexibility index (Phi) is 6.32. The first kappa shape index (κ1) is 22.1. The van der Waals surface area contributed by atoms with Crippen LogP contribution in [0.3, 0.4) is 0 Å². The number of aromatic nitrogens is 2. The van der Waals surface area contributed by atoms with Gasteiger partial charge in [-0.25, -0.2) is 0 Å². The van der Waals surface area contributed by atoms with Gasteiger partial charge in [0, 0.05) is 44.5 Å². The van der Waals surface area contributed by atoms with E-state index in [0.717, 1.165) is 12.0 Å². The predicted octanol–water partition coefficient (Wildman–Crippen LogP) is 1.99. The van der Waals surface area contributed by atoms with E-state index in [0.29, 0.717) is 23.9 Å². The Morgan fingerprint density at radius 3 is 2.81 bits per heavy atom. The quantitative estimate of drug-likeness (QED) is 0.718. The third-order valence-corrected chi connectivity index (χ3v) is 6.30. The maximum absolute atomic E-state index is 12.9. The van der Waals surface area contributed by atoms with Crippen LogP contribution in [0.2, 0.25) is 0 Å². The molecule has 3 atom stereocenters. The molecule has 4 rings (SSSR count). The standard InChI is InChI=1S/C24H30N4O4/c1-15-9-17(21-5-4-8-27(21)3)6-7-18(15)13-25-24(31)22-11-19(29)14-28(22)23(30)12-20-10-16(2)26-32-20/h4-8,10,15,19,22,29H,9,11-14H2,1-3H3,(H,25,31)/t15?,19-,22+/m1/s1. The second-order valence-corrected chi connectivity index (χ2v) is 8.82. The molecule has 0 aromatic carbocycles. The summed E-state index contributed by atoms with van der Waals surface area (Å²) >= 11 is 0. The number of aliphatic hydroxyl groups is 1. The van der Waals surface area contributed by atoms with Crippen molar-refractivity contribution in [2.75, 3.05) is 13.1 Å². The van der Waals surface area contributed by atoms with Gasteiger partial charge in [0.2, 0.25) is 11.8 Å². The molecule has 170 valence electrons. The first-order valence-corrected chi connectivity index (χ1v) is 11.0. The largest absolute Gasteiger partial charge is 0.391 e. The molecule has 1 aliphatic carbocycles. The van der Waals surface area contributed by atoms with E-state index in [2.05, 4.69) is 40.2 Å². The Balaban J connectivity index is 1.38. The SMILES string of the molecule is Cc1cc(CC(=O)N2C[C@H](O)C[C@H]2C(=O)NCC2=CC=C(c3cccn3C)CC2C)on1. The summed E-state index contributed by atoms with van der Waals surface area (Å²) in [6, 6.07) is 5.16. The van der Waals surface area contributed by atoms with Crippen molar-refractivity contribution in [1.29, 1.82) is 0 Å². The number of hydrogen-bond donors (Lipinski definition) is 2. The lowest BCUT2D eigenvalue weighted by atomic mass is 9.87.